The second-order valence-electron chi connectivity index (χ2n) is 9.55. The van der Waals surface area contributed by atoms with E-state index in [9.17, 15) is 9.90 Å². The Kier molecular flexibility index (Phi) is 5.83. The summed E-state index contributed by atoms with van der Waals surface area (Å²) in [6, 6.07) is 10.2. The van der Waals surface area contributed by atoms with Gasteiger partial charge in [0.2, 0.25) is 0 Å². The molecule has 0 spiro atoms. The molecule has 0 saturated carbocycles. The number of carboxylic acids is 1. The Morgan fingerprint density at radius 2 is 1.77 bits per heavy atom. The molecule has 4 nitrogen and oxygen atoms in total. The van der Waals surface area contributed by atoms with Gasteiger partial charge in [-0.05, 0) is 65.0 Å². The number of aryl methyl sites for hydroxylation is 1. The first kappa shape index (κ1) is 22.1. The molecule has 1 aliphatic carbocycles. The van der Waals surface area contributed by atoms with E-state index in [0.29, 0.717) is 11.3 Å². The van der Waals surface area contributed by atoms with Crippen molar-refractivity contribution in [2.24, 2.45) is 0 Å². The van der Waals surface area contributed by atoms with Crippen LogP contribution in [0.2, 0.25) is 0 Å². The number of carbonyl (C=O) groups is 1. The van der Waals surface area contributed by atoms with E-state index >= 15 is 0 Å². The highest BCUT2D eigenvalue weighted by molar-refractivity contribution is 6.15. The summed E-state index contributed by atoms with van der Waals surface area (Å²) in [5.74, 6) is -0.615. The van der Waals surface area contributed by atoms with Gasteiger partial charge in [0, 0.05) is 12.7 Å². The minimum absolute atomic E-state index is 0.00376. The van der Waals surface area contributed by atoms with Crippen molar-refractivity contribution in [3.63, 3.8) is 0 Å². The van der Waals surface area contributed by atoms with Crippen molar-refractivity contribution >= 4 is 11.5 Å². The lowest BCUT2D eigenvalue weighted by Gasteiger charge is -2.43. The van der Waals surface area contributed by atoms with Crippen LogP contribution < -0.4 is 4.74 Å². The number of hydrogen-bond donors (Lipinski definition) is 1. The molecule has 4 heteroatoms. The maximum atomic E-state index is 11.7. The average molecular weight is 409 g/mol. The third-order valence-corrected chi connectivity index (χ3v) is 6.27. The summed E-state index contributed by atoms with van der Waals surface area (Å²) in [7, 11) is 1.53. The molecule has 0 bridgehead atoms. The molecule has 0 unspecified atom stereocenters. The van der Waals surface area contributed by atoms with E-state index in [0.717, 1.165) is 24.0 Å². The van der Waals surface area contributed by atoms with Crippen molar-refractivity contribution in [1.82, 2.24) is 0 Å². The van der Waals surface area contributed by atoms with Gasteiger partial charge in [0.05, 0.1) is 5.57 Å². The van der Waals surface area contributed by atoms with Crippen LogP contribution in [0.1, 0.15) is 62.8 Å². The van der Waals surface area contributed by atoms with Gasteiger partial charge in [-0.3, -0.25) is 0 Å². The SMILES string of the molecule is C=C(C(=O)O)c1cc(-c2cc(C)cc3c2C(C)(C)CCC3(C)C)ccc1OCOC. The van der Waals surface area contributed by atoms with Crippen molar-refractivity contribution in [2.45, 2.75) is 58.3 Å². The van der Waals surface area contributed by atoms with Crippen LogP contribution in [0, 0.1) is 6.92 Å². The highest BCUT2D eigenvalue weighted by Gasteiger charge is 2.39. The van der Waals surface area contributed by atoms with Crippen molar-refractivity contribution in [1.29, 1.82) is 0 Å². The largest absolute Gasteiger partial charge is 0.478 e. The molecule has 1 aliphatic rings. The van der Waals surface area contributed by atoms with Gasteiger partial charge < -0.3 is 14.6 Å². The van der Waals surface area contributed by atoms with Crippen LogP contribution in [0.15, 0.2) is 36.9 Å². The van der Waals surface area contributed by atoms with Crippen LogP contribution in [0.4, 0.5) is 0 Å². The zero-order chi connectivity index (χ0) is 22.3. The number of methoxy groups -OCH3 is 1. The van der Waals surface area contributed by atoms with Gasteiger partial charge in [0.25, 0.3) is 0 Å². The molecule has 3 rings (SSSR count). The number of hydrogen-bond acceptors (Lipinski definition) is 3. The Morgan fingerprint density at radius 3 is 2.40 bits per heavy atom. The second kappa shape index (κ2) is 7.92. The first-order valence-corrected chi connectivity index (χ1v) is 10.3. The topological polar surface area (TPSA) is 55.8 Å². The molecule has 0 aromatic heterocycles. The first-order valence-electron chi connectivity index (χ1n) is 10.3. The second-order valence-corrected chi connectivity index (χ2v) is 9.55. The van der Waals surface area contributed by atoms with Gasteiger partial charge in [-0.15, -0.1) is 0 Å². The Bertz CT molecular complexity index is 998. The number of benzene rings is 2. The van der Waals surface area contributed by atoms with Crippen LogP contribution >= 0.6 is 0 Å². The number of aliphatic carboxylic acids is 1. The Balaban J connectivity index is 2.26. The van der Waals surface area contributed by atoms with E-state index in [1.165, 1.54) is 23.8 Å². The van der Waals surface area contributed by atoms with Crippen LogP contribution in [0.5, 0.6) is 5.75 Å². The molecule has 0 atom stereocenters. The smallest absolute Gasteiger partial charge is 0.335 e. The van der Waals surface area contributed by atoms with Crippen molar-refractivity contribution in [2.75, 3.05) is 13.9 Å². The van der Waals surface area contributed by atoms with E-state index in [1.54, 1.807) is 0 Å². The molecular formula is C26H32O4. The van der Waals surface area contributed by atoms with Gasteiger partial charge in [0.15, 0.2) is 6.79 Å². The third kappa shape index (κ3) is 4.01. The van der Waals surface area contributed by atoms with Crippen LogP contribution in [-0.4, -0.2) is 25.0 Å². The maximum absolute atomic E-state index is 11.7. The molecule has 30 heavy (non-hydrogen) atoms. The molecular weight excluding hydrogens is 376 g/mol. The summed E-state index contributed by atoms with van der Waals surface area (Å²) in [6.07, 6.45) is 2.24. The number of fused-ring (bicyclic) bond motifs is 1. The van der Waals surface area contributed by atoms with E-state index in [1.807, 2.05) is 18.2 Å². The summed E-state index contributed by atoms with van der Waals surface area (Å²) in [5, 5.41) is 9.55. The quantitative estimate of drug-likeness (QED) is 0.464. The molecule has 0 heterocycles. The van der Waals surface area contributed by atoms with Crippen molar-refractivity contribution in [3.8, 4) is 16.9 Å². The predicted octanol–water partition coefficient (Wildman–Crippen LogP) is 6.09. The molecule has 2 aromatic carbocycles. The van der Waals surface area contributed by atoms with Crippen LogP contribution in [0.3, 0.4) is 0 Å². The zero-order valence-electron chi connectivity index (χ0n) is 18.9. The van der Waals surface area contributed by atoms with Gasteiger partial charge in [0.1, 0.15) is 5.75 Å². The molecule has 0 fully saturated rings. The fraction of sp³-hybridized carbons (Fsp3) is 0.423. The van der Waals surface area contributed by atoms with Crippen molar-refractivity contribution in [3.05, 3.63) is 59.2 Å². The summed E-state index contributed by atoms with van der Waals surface area (Å²) in [5.41, 5.74) is 6.67. The zero-order valence-corrected chi connectivity index (χ0v) is 18.9. The van der Waals surface area contributed by atoms with E-state index in [2.05, 4.69) is 53.3 Å². The lowest BCUT2D eigenvalue weighted by molar-refractivity contribution is -0.130. The summed E-state index contributed by atoms with van der Waals surface area (Å²) in [6.45, 7) is 15.1. The standard InChI is InChI=1S/C26H32O4/c1-16-12-20(23-21(13-16)25(3,4)10-11-26(23,5)6)18-8-9-22(30-15-29-7)19(14-18)17(2)24(27)28/h8-9,12-14H,2,10-11,15H2,1,3-7H3,(H,27,28). The lowest BCUT2D eigenvalue weighted by Crippen LogP contribution is -2.34. The summed E-state index contributed by atoms with van der Waals surface area (Å²) in [4.78, 5) is 11.7. The summed E-state index contributed by atoms with van der Waals surface area (Å²) < 4.78 is 10.6. The predicted molar refractivity (Wildman–Crippen MR) is 121 cm³/mol. The Morgan fingerprint density at radius 1 is 1.10 bits per heavy atom. The first-order chi connectivity index (χ1) is 14.0. The molecule has 0 radical (unpaired) electrons. The lowest BCUT2D eigenvalue weighted by atomic mass is 9.61. The van der Waals surface area contributed by atoms with Gasteiger partial charge in [-0.1, -0.05) is 58.0 Å². The van der Waals surface area contributed by atoms with E-state index in [4.69, 9.17) is 9.47 Å². The third-order valence-electron chi connectivity index (χ3n) is 6.27. The molecule has 160 valence electrons. The molecule has 0 saturated heterocycles. The van der Waals surface area contributed by atoms with Crippen molar-refractivity contribution < 1.29 is 19.4 Å². The minimum atomic E-state index is -1.07. The fourth-order valence-electron chi connectivity index (χ4n) is 4.46. The highest BCUT2D eigenvalue weighted by Crippen LogP contribution is 2.50. The van der Waals surface area contributed by atoms with Gasteiger partial charge in [-0.2, -0.15) is 0 Å². The minimum Gasteiger partial charge on any atom is -0.478 e. The average Bonchev–Trinajstić information content (AvgIpc) is 2.68. The molecule has 2 aromatic rings. The maximum Gasteiger partial charge on any atom is 0.335 e. The Hall–Kier alpha value is -2.59. The van der Waals surface area contributed by atoms with Crippen LogP contribution in [-0.2, 0) is 20.4 Å². The number of carboxylic acid groups (broad SMARTS) is 1. The van der Waals surface area contributed by atoms with Gasteiger partial charge in [-0.25, -0.2) is 4.79 Å². The highest BCUT2D eigenvalue weighted by atomic mass is 16.7. The van der Waals surface area contributed by atoms with E-state index < -0.39 is 5.97 Å². The molecule has 1 N–H and O–H groups in total. The number of rotatable bonds is 6. The van der Waals surface area contributed by atoms with E-state index in [-0.39, 0.29) is 23.2 Å². The molecule has 0 amide bonds. The van der Waals surface area contributed by atoms with Gasteiger partial charge >= 0.3 is 5.97 Å². The molecule has 0 aliphatic heterocycles. The Labute approximate surface area is 179 Å². The normalized spacial score (nSPS) is 16.6. The monoisotopic (exact) mass is 408 g/mol. The fourth-order valence-corrected chi connectivity index (χ4v) is 4.46. The van der Waals surface area contributed by atoms with Crippen LogP contribution in [0.25, 0.3) is 16.7 Å². The summed E-state index contributed by atoms with van der Waals surface area (Å²) >= 11 is 0. The number of ether oxygens (including phenoxy) is 2.